The summed E-state index contributed by atoms with van der Waals surface area (Å²) in [6.07, 6.45) is 0.997. The fourth-order valence-corrected chi connectivity index (χ4v) is 3.33. The Hall–Kier alpha value is -2.47. The van der Waals surface area contributed by atoms with Gasteiger partial charge in [0.15, 0.2) is 0 Å². The van der Waals surface area contributed by atoms with Crippen molar-refractivity contribution in [3.05, 3.63) is 82.8 Å². The fourth-order valence-electron chi connectivity index (χ4n) is 3.22. The summed E-state index contributed by atoms with van der Waals surface area (Å²) < 4.78 is 16.9. The lowest BCUT2D eigenvalue weighted by Crippen LogP contribution is -2.35. The summed E-state index contributed by atoms with van der Waals surface area (Å²) in [5.74, 6) is 2.38. The maximum absolute atomic E-state index is 10.6. The van der Waals surface area contributed by atoms with Crippen molar-refractivity contribution in [2.75, 3.05) is 19.8 Å². The van der Waals surface area contributed by atoms with Gasteiger partial charge in [0.1, 0.15) is 30.0 Å². The van der Waals surface area contributed by atoms with Crippen molar-refractivity contribution in [1.29, 1.82) is 0 Å². The molecule has 0 amide bonds. The summed E-state index contributed by atoms with van der Waals surface area (Å²) in [6.45, 7) is 6.38. The number of rotatable bonds is 11. The van der Waals surface area contributed by atoms with E-state index in [1.54, 1.807) is 12.3 Å². The minimum Gasteiger partial charge on any atom is -0.494 e. The summed E-state index contributed by atoms with van der Waals surface area (Å²) in [4.78, 5) is 2.13. The number of hydrogen-bond donors (Lipinski definition) is 1. The van der Waals surface area contributed by atoms with Gasteiger partial charge in [-0.15, -0.1) is 0 Å². The van der Waals surface area contributed by atoms with Gasteiger partial charge in [0, 0.05) is 18.1 Å². The second-order valence-corrected chi connectivity index (χ2v) is 7.61. The molecule has 6 heteroatoms. The predicted octanol–water partition coefficient (Wildman–Crippen LogP) is 5.08. The van der Waals surface area contributed by atoms with Gasteiger partial charge >= 0.3 is 0 Å². The monoisotopic (exact) mass is 429 g/mol. The summed E-state index contributed by atoms with van der Waals surface area (Å²) in [7, 11) is 0. The molecular formula is C24H28ClNO4. The molecule has 0 saturated heterocycles. The molecule has 1 aromatic heterocycles. The Kier molecular flexibility index (Phi) is 8.20. The molecule has 0 aliphatic carbocycles. The SMILES string of the molecule is CCOc1cccc(CN(Cc2ccco2)CC(O)COc2ccc(Cl)c(C)c2)c1. The molecule has 3 aromatic rings. The molecular weight excluding hydrogens is 402 g/mol. The molecule has 0 saturated carbocycles. The summed E-state index contributed by atoms with van der Waals surface area (Å²) in [6, 6.07) is 17.3. The second kappa shape index (κ2) is 11.1. The molecule has 5 nitrogen and oxygen atoms in total. The molecule has 1 atom stereocenters. The van der Waals surface area contributed by atoms with Crippen molar-refractivity contribution in [3.8, 4) is 11.5 Å². The molecule has 160 valence electrons. The highest BCUT2D eigenvalue weighted by Crippen LogP contribution is 2.21. The van der Waals surface area contributed by atoms with Gasteiger partial charge in [-0.25, -0.2) is 0 Å². The van der Waals surface area contributed by atoms with Crippen LogP contribution in [0.2, 0.25) is 5.02 Å². The first kappa shape index (κ1) is 22.2. The molecule has 0 bridgehead atoms. The van der Waals surface area contributed by atoms with Crippen LogP contribution in [-0.2, 0) is 13.1 Å². The molecule has 0 radical (unpaired) electrons. The number of halogens is 1. The normalized spacial score (nSPS) is 12.2. The Balaban J connectivity index is 1.62. The average Bonchev–Trinajstić information content (AvgIpc) is 3.22. The van der Waals surface area contributed by atoms with Crippen molar-refractivity contribution in [2.45, 2.75) is 33.0 Å². The van der Waals surface area contributed by atoms with Crippen molar-refractivity contribution >= 4 is 11.6 Å². The number of benzene rings is 2. The first-order valence-electron chi connectivity index (χ1n) is 10.1. The van der Waals surface area contributed by atoms with Crippen LogP contribution in [0.4, 0.5) is 0 Å². The fraction of sp³-hybridized carbons (Fsp3) is 0.333. The molecule has 1 unspecified atom stereocenters. The summed E-state index contributed by atoms with van der Waals surface area (Å²) >= 11 is 6.06. The lowest BCUT2D eigenvalue weighted by atomic mass is 10.2. The lowest BCUT2D eigenvalue weighted by Gasteiger charge is -2.24. The van der Waals surface area contributed by atoms with E-state index in [4.69, 9.17) is 25.5 Å². The third kappa shape index (κ3) is 6.80. The zero-order chi connectivity index (χ0) is 21.3. The van der Waals surface area contributed by atoms with Crippen LogP contribution in [0, 0.1) is 6.92 Å². The van der Waals surface area contributed by atoms with Crippen molar-refractivity contribution in [2.24, 2.45) is 0 Å². The van der Waals surface area contributed by atoms with E-state index in [2.05, 4.69) is 11.0 Å². The number of nitrogens with zero attached hydrogens (tertiary/aromatic N) is 1. The molecule has 1 N–H and O–H groups in total. The van der Waals surface area contributed by atoms with Gasteiger partial charge in [0.2, 0.25) is 0 Å². The Morgan fingerprint density at radius 3 is 2.60 bits per heavy atom. The van der Waals surface area contributed by atoms with Crippen LogP contribution in [0.5, 0.6) is 11.5 Å². The van der Waals surface area contributed by atoms with E-state index < -0.39 is 6.10 Å². The largest absolute Gasteiger partial charge is 0.494 e. The van der Waals surface area contributed by atoms with Gasteiger partial charge in [-0.3, -0.25) is 4.90 Å². The Morgan fingerprint density at radius 1 is 1.03 bits per heavy atom. The van der Waals surface area contributed by atoms with Crippen LogP contribution in [0.25, 0.3) is 0 Å². The van der Waals surface area contributed by atoms with Crippen LogP contribution in [0.15, 0.2) is 65.3 Å². The number of hydrogen-bond acceptors (Lipinski definition) is 5. The van der Waals surface area contributed by atoms with Gasteiger partial charge in [-0.2, -0.15) is 0 Å². The second-order valence-electron chi connectivity index (χ2n) is 7.21. The maximum atomic E-state index is 10.6. The standard InChI is InChI=1S/C24H28ClNO4/c1-3-28-21-7-4-6-19(13-21)14-26(16-23-8-5-11-29-23)15-20(27)17-30-22-9-10-24(25)18(2)12-22/h4-13,20,27H,3,14-17H2,1-2H3. The Labute approximate surface area is 182 Å². The van der Waals surface area contributed by atoms with Gasteiger partial charge in [-0.1, -0.05) is 23.7 Å². The minimum absolute atomic E-state index is 0.189. The van der Waals surface area contributed by atoms with Crippen LogP contribution < -0.4 is 9.47 Å². The smallest absolute Gasteiger partial charge is 0.119 e. The average molecular weight is 430 g/mol. The molecule has 2 aromatic carbocycles. The van der Waals surface area contributed by atoms with E-state index in [0.717, 1.165) is 22.6 Å². The third-order valence-electron chi connectivity index (χ3n) is 4.62. The van der Waals surface area contributed by atoms with Gasteiger partial charge in [0.25, 0.3) is 0 Å². The molecule has 0 spiro atoms. The number of aliphatic hydroxyl groups excluding tert-OH is 1. The number of aryl methyl sites for hydroxylation is 1. The van der Waals surface area contributed by atoms with Gasteiger partial charge in [0.05, 0.1) is 19.4 Å². The highest BCUT2D eigenvalue weighted by Gasteiger charge is 2.15. The highest BCUT2D eigenvalue weighted by atomic mass is 35.5. The molecule has 3 rings (SSSR count). The Bertz CT molecular complexity index is 913. The molecule has 30 heavy (non-hydrogen) atoms. The highest BCUT2D eigenvalue weighted by molar-refractivity contribution is 6.31. The minimum atomic E-state index is -0.661. The van der Waals surface area contributed by atoms with Crippen molar-refractivity contribution < 1.29 is 19.0 Å². The van der Waals surface area contributed by atoms with Crippen LogP contribution >= 0.6 is 11.6 Å². The molecule has 0 aliphatic heterocycles. The Morgan fingerprint density at radius 2 is 1.87 bits per heavy atom. The third-order valence-corrected chi connectivity index (χ3v) is 5.04. The number of aliphatic hydroxyl groups is 1. The predicted molar refractivity (Wildman–Crippen MR) is 118 cm³/mol. The van der Waals surface area contributed by atoms with E-state index in [1.807, 2.05) is 56.3 Å². The van der Waals surface area contributed by atoms with Gasteiger partial charge in [-0.05, 0) is 67.4 Å². The van der Waals surface area contributed by atoms with Crippen LogP contribution in [-0.4, -0.2) is 35.9 Å². The van der Waals surface area contributed by atoms with Gasteiger partial charge < -0.3 is 19.0 Å². The maximum Gasteiger partial charge on any atom is 0.119 e. The van der Waals surface area contributed by atoms with Crippen molar-refractivity contribution in [1.82, 2.24) is 4.90 Å². The molecule has 0 aliphatic rings. The zero-order valence-corrected chi connectivity index (χ0v) is 18.1. The van der Waals surface area contributed by atoms with E-state index in [9.17, 15) is 5.11 Å². The van der Waals surface area contributed by atoms with E-state index in [0.29, 0.717) is 37.0 Å². The lowest BCUT2D eigenvalue weighted by molar-refractivity contribution is 0.0604. The molecule has 1 heterocycles. The zero-order valence-electron chi connectivity index (χ0n) is 17.4. The van der Waals surface area contributed by atoms with Crippen LogP contribution in [0.1, 0.15) is 23.8 Å². The number of furan rings is 1. The van der Waals surface area contributed by atoms with Crippen LogP contribution in [0.3, 0.4) is 0 Å². The van der Waals surface area contributed by atoms with E-state index >= 15 is 0 Å². The van der Waals surface area contributed by atoms with Crippen molar-refractivity contribution in [3.63, 3.8) is 0 Å². The number of ether oxygens (including phenoxy) is 2. The summed E-state index contributed by atoms with van der Waals surface area (Å²) in [5.41, 5.74) is 2.05. The quantitative estimate of drug-likeness (QED) is 0.460. The van der Waals surface area contributed by atoms with E-state index in [-0.39, 0.29) is 6.61 Å². The first-order chi connectivity index (χ1) is 14.5. The molecule has 0 fully saturated rings. The summed E-state index contributed by atoms with van der Waals surface area (Å²) in [5, 5.41) is 11.3. The topological polar surface area (TPSA) is 55.1 Å². The first-order valence-corrected chi connectivity index (χ1v) is 10.4. The van der Waals surface area contributed by atoms with E-state index in [1.165, 1.54) is 0 Å².